The minimum absolute atomic E-state index is 0.0338. The van der Waals surface area contributed by atoms with E-state index < -0.39 is 23.3 Å². The van der Waals surface area contributed by atoms with Gasteiger partial charge in [0.15, 0.2) is 6.61 Å². The molecule has 0 saturated carbocycles. The molecule has 29 heavy (non-hydrogen) atoms. The summed E-state index contributed by atoms with van der Waals surface area (Å²) in [5.41, 5.74) is -0.119. The Balaban J connectivity index is 2.18. The zero-order valence-corrected chi connectivity index (χ0v) is 18.6. The van der Waals surface area contributed by atoms with Crippen molar-refractivity contribution in [2.75, 3.05) is 6.61 Å². The van der Waals surface area contributed by atoms with Crippen molar-refractivity contribution >= 4 is 27.7 Å². The molecule has 0 aliphatic carbocycles. The van der Waals surface area contributed by atoms with Gasteiger partial charge in [0, 0.05) is 22.1 Å². The number of rotatable bonds is 7. The maximum Gasteiger partial charge on any atom is 0.261 e. The molecule has 2 amide bonds. The number of halogens is 2. The van der Waals surface area contributed by atoms with Crippen LogP contribution in [0, 0.1) is 5.82 Å². The van der Waals surface area contributed by atoms with Gasteiger partial charge in [-0.3, -0.25) is 9.59 Å². The zero-order valence-electron chi connectivity index (χ0n) is 17.0. The van der Waals surface area contributed by atoms with Crippen LogP contribution in [0.25, 0.3) is 0 Å². The highest BCUT2D eigenvalue weighted by Gasteiger charge is 2.29. The second kappa shape index (κ2) is 9.87. The molecule has 2 rings (SSSR count). The van der Waals surface area contributed by atoms with Crippen molar-refractivity contribution in [1.82, 2.24) is 10.2 Å². The second-order valence-electron chi connectivity index (χ2n) is 7.77. The molecule has 0 aliphatic rings. The Bertz CT molecular complexity index is 850. The maximum atomic E-state index is 14.2. The fourth-order valence-electron chi connectivity index (χ4n) is 2.63. The Morgan fingerprint density at radius 3 is 2.34 bits per heavy atom. The highest BCUT2D eigenvalue weighted by Crippen LogP contribution is 2.17. The Morgan fingerprint density at radius 2 is 1.76 bits per heavy atom. The number of carbonyl (C=O) groups excluding carboxylic acids is 2. The lowest BCUT2D eigenvalue weighted by Gasteiger charge is -2.31. The quantitative estimate of drug-likeness (QED) is 0.664. The van der Waals surface area contributed by atoms with Crippen LogP contribution in [0.3, 0.4) is 0 Å². The number of hydrogen-bond acceptors (Lipinski definition) is 3. The Morgan fingerprint density at radius 1 is 1.14 bits per heavy atom. The summed E-state index contributed by atoms with van der Waals surface area (Å²) in [5, 5.41) is 2.86. The summed E-state index contributed by atoms with van der Waals surface area (Å²) < 4.78 is 20.6. The molecule has 1 unspecified atom stereocenters. The van der Waals surface area contributed by atoms with E-state index in [1.165, 1.54) is 11.0 Å². The lowest BCUT2D eigenvalue weighted by Crippen LogP contribution is -2.53. The summed E-state index contributed by atoms with van der Waals surface area (Å²) in [4.78, 5) is 26.9. The third-order valence-corrected chi connectivity index (χ3v) is 4.67. The van der Waals surface area contributed by atoms with Gasteiger partial charge in [-0.15, -0.1) is 0 Å². The Kier molecular flexibility index (Phi) is 7.79. The van der Waals surface area contributed by atoms with Crippen LogP contribution in [0.15, 0.2) is 53.0 Å². The number of benzene rings is 2. The highest BCUT2D eigenvalue weighted by atomic mass is 79.9. The first-order valence-electron chi connectivity index (χ1n) is 9.30. The number of carbonyl (C=O) groups is 2. The molecule has 0 spiro atoms. The molecule has 0 heterocycles. The van der Waals surface area contributed by atoms with Gasteiger partial charge >= 0.3 is 0 Å². The van der Waals surface area contributed by atoms with E-state index in [4.69, 9.17) is 4.74 Å². The van der Waals surface area contributed by atoms with Gasteiger partial charge in [0.25, 0.3) is 5.91 Å². The van der Waals surface area contributed by atoms with Crippen molar-refractivity contribution in [1.29, 1.82) is 0 Å². The molecule has 1 N–H and O–H groups in total. The Hall–Kier alpha value is -2.41. The minimum Gasteiger partial charge on any atom is -0.484 e. The first-order valence-corrected chi connectivity index (χ1v) is 10.1. The van der Waals surface area contributed by atoms with Crippen LogP contribution < -0.4 is 10.1 Å². The van der Waals surface area contributed by atoms with Gasteiger partial charge < -0.3 is 15.0 Å². The first-order chi connectivity index (χ1) is 13.6. The summed E-state index contributed by atoms with van der Waals surface area (Å²) in [5.74, 6) is -0.625. The van der Waals surface area contributed by atoms with Crippen molar-refractivity contribution in [2.24, 2.45) is 0 Å². The second-order valence-corrected chi connectivity index (χ2v) is 8.69. The molecule has 0 aromatic heterocycles. The molecule has 2 aromatic carbocycles. The van der Waals surface area contributed by atoms with E-state index in [0.29, 0.717) is 11.3 Å². The molecule has 156 valence electrons. The molecule has 0 aliphatic heterocycles. The normalized spacial score (nSPS) is 12.2. The van der Waals surface area contributed by atoms with E-state index in [-0.39, 0.29) is 19.1 Å². The molecule has 7 heteroatoms. The van der Waals surface area contributed by atoms with Crippen molar-refractivity contribution in [3.63, 3.8) is 0 Å². The number of nitrogens with zero attached hydrogens (tertiary/aromatic N) is 1. The zero-order chi connectivity index (χ0) is 21.6. The van der Waals surface area contributed by atoms with Crippen LogP contribution in [0.1, 0.15) is 33.3 Å². The largest absolute Gasteiger partial charge is 0.484 e. The molecule has 0 fully saturated rings. The molecule has 5 nitrogen and oxygen atoms in total. The van der Waals surface area contributed by atoms with Gasteiger partial charge in [-0.05, 0) is 58.0 Å². The predicted molar refractivity (Wildman–Crippen MR) is 114 cm³/mol. The van der Waals surface area contributed by atoms with Crippen LogP contribution in [0.2, 0.25) is 0 Å². The third kappa shape index (κ3) is 7.16. The minimum atomic E-state index is -0.796. The van der Waals surface area contributed by atoms with E-state index in [1.54, 1.807) is 49.4 Å². The SMILES string of the molecule is CC(C(=O)NC(C)(C)C)N(Cc1ccccc1F)C(=O)COc1ccc(Br)cc1. The van der Waals surface area contributed by atoms with Gasteiger partial charge in [-0.25, -0.2) is 4.39 Å². The van der Waals surface area contributed by atoms with Crippen molar-refractivity contribution in [3.8, 4) is 5.75 Å². The van der Waals surface area contributed by atoms with Crippen molar-refractivity contribution in [2.45, 2.75) is 45.8 Å². The number of hydrogen-bond donors (Lipinski definition) is 1. The van der Waals surface area contributed by atoms with Gasteiger partial charge in [0.05, 0.1) is 0 Å². The molecule has 0 bridgehead atoms. The van der Waals surface area contributed by atoms with Gasteiger partial charge in [0.1, 0.15) is 17.6 Å². The summed E-state index contributed by atoms with van der Waals surface area (Å²) in [6.45, 7) is 6.91. The van der Waals surface area contributed by atoms with Crippen molar-refractivity contribution < 1.29 is 18.7 Å². The number of amides is 2. The van der Waals surface area contributed by atoms with Crippen LogP contribution in [0.4, 0.5) is 4.39 Å². The van der Waals surface area contributed by atoms with Crippen LogP contribution >= 0.6 is 15.9 Å². The topological polar surface area (TPSA) is 58.6 Å². The summed E-state index contributed by atoms with van der Waals surface area (Å²) in [6.07, 6.45) is 0. The monoisotopic (exact) mass is 464 g/mol. The fourth-order valence-corrected chi connectivity index (χ4v) is 2.89. The number of ether oxygens (including phenoxy) is 1. The average molecular weight is 465 g/mol. The smallest absolute Gasteiger partial charge is 0.261 e. The van der Waals surface area contributed by atoms with E-state index in [2.05, 4.69) is 21.2 Å². The maximum absolute atomic E-state index is 14.2. The van der Waals surface area contributed by atoms with E-state index in [9.17, 15) is 14.0 Å². The van der Waals surface area contributed by atoms with Crippen LogP contribution in [0.5, 0.6) is 5.75 Å². The molecule has 0 radical (unpaired) electrons. The highest BCUT2D eigenvalue weighted by molar-refractivity contribution is 9.10. The van der Waals surface area contributed by atoms with E-state index in [0.717, 1.165) is 4.47 Å². The lowest BCUT2D eigenvalue weighted by molar-refractivity contribution is -0.142. The van der Waals surface area contributed by atoms with Gasteiger partial charge in [0.2, 0.25) is 5.91 Å². The lowest BCUT2D eigenvalue weighted by atomic mass is 10.1. The molecular formula is C22H26BrFN2O3. The summed E-state index contributed by atoms with van der Waals surface area (Å²) in [7, 11) is 0. The van der Waals surface area contributed by atoms with Crippen LogP contribution in [-0.2, 0) is 16.1 Å². The predicted octanol–water partition coefficient (Wildman–Crippen LogP) is 4.30. The summed E-state index contributed by atoms with van der Waals surface area (Å²) >= 11 is 3.34. The Labute approximate surface area is 179 Å². The fraction of sp³-hybridized carbons (Fsp3) is 0.364. The summed E-state index contributed by atoms with van der Waals surface area (Å²) in [6, 6.07) is 12.5. The van der Waals surface area contributed by atoms with Gasteiger partial charge in [-0.1, -0.05) is 34.1 Å². The third-order valence-electron chi connectivity index (χ3n) is 4.14. The standard InChI is InChI=1S/C22H26BrFN2O3/c1-15(21(28)25-22(2,3)4)26(13-16-7-5-6-8-19(16)24)20(27)14-29-18-11-9-17(23)10-12-18/h5-12,15H,13-14H2,1-4H3,(H,25,28). The number of nitrogens with one attached hydrogen (secondary N) is 1. The van der Waals surface area contributed by atoms with Crippen LogP contribution in [-0.4, -0.2) is 34.9 Å². The average Bonchev–Trinajstić information content (AvgIpc) is 2.65. The molecule has 2 aromatic rings. The van der Waals surface area contributed by atoms with E-state index >= 15 is 0 Å². The van der Waals surface area contributed by atoms with Crippen molar-refractivity contribution in [3.05, 3.63) is 64.4 Å². The van der Waals surface area contributed by atoms with Gasteiger partial charge in [-0.2, -0.15) is 0 Å². The van der Waals surface area contributed by atoms with E-state index in [1.807, 2.05) is 20.8 Å². The molecule has 1 atom stereocenters. The first kappa shape index (κ1) is 22.9. The molecule has 0 saturated heterocycles. The molecular weight excluding hydrogens is 439 g/mol.